The number of halogens is 3. The zero-order valence-electron chi connectivity index (χ0n) is 9.23. The Labute approximate surface area is 127 Å². The van der Waals surface area contributed by atoms with E-state index in [1.807, 2.05) is 0 Å². The van der Waals surface area contributed by atoms with E-state index in [4.69, 9.17) is 33.0 Å². The average molecular weight is 363 g/mol. The first-order valence-electron chi connectivity index (χ1n) is 4.99. The fourth-order valence-corrected chi connectivity index (χ4v) is 2.19. The van der Waals surface area contributed by atoms with Gasteiger partial charge in [-0.25, -0.2) is 9.78 Å². The fraction of sp³-hybridized carbons (Fsp3) is 0. The maximum absolute atomic E-state index is 11.0. The minimum absolute atomic E-state index is 0.0487. The fourth-order valence-electron chi connectivity index (χ4n) is 1.32. The lowest BCUT2D eigenvalue weighted by atomic mass is 10.2. The van der Waals surface area contributed by atoms with Gasteiger partial charge in [0.05, 0.1) is 10.6 Å². The second kappa shape index (κ2) is 5.77. The summed E-state index contributed by atoms with van der Waals surface area (Å²) in [6.07, 6.45) is 1.52. The summed E-state index contributed by atoms with van der Waals surface area (Å²) in [5.74, 6) is -0.660. The van der Waals surface area contributed by atoms with Crippen molar-refractivity contribution in [2.75, 3.05) is 0 Å². The first-order chi connectivity index (χ1) is 8.97. The highest BCUT2D eigenvalue weighted by molar-refractivity contribution is 9.10. The molecule has 0 spiro atoms. The Morgan fingerprint density at radius 1 is 1.26 bits per heavy atom. The zero-order valence-corrected chi connectivity index (χ0v) is 12.3. The van der Waals surface area contributed by atoms with Gasteiger partial charge in [0.1, 0.15) is 10.8 Å². The van der Waals surface area contributed by atoms with Crippen molar-refractivity contribution in [2.24, 2.45) is 0 Å². The monoisotopic (exact) mass is 361 g/mol. The van der Waals surface area contributed by atoms with E-state index in [1.165, 1.54) is 24.4 Å². The molecule has 0 saturated heterocycles. The van der Waals surface area contributed by atoms with Crippen LogP contribution in [0.25, 0.3) is 0 Å². The Balaban J connectivity index is 2.33. The van der Waals surface area contributed by atoms with Crippen LogP contribution >= 0.6 is 39.1 Å². The molecular weight excluding hydrogens is 357 g/mol. The minimum atomic E-state index is -1.13. The van der Waals surface area contributed by atoms with Gasteiger partial charge >= 0.3 is 5.97 Å². The Morgan fingerprint density at radius 2 is 2.00 bits per heavy atom. The summed E-state index contributed by atoms with van der Waals surface area (Å²) in [7, 11) is 0. The number of carbonyl (C=O) groups is 1. The van der Waals surface area contributed by atoms with E-state index in [0.29, 0.717) is 15.2 Å². The summed E-state index contributed by atoms with van der Waals surface area (Å²) in [6.45, 7) is 0. The van der Waals surface area contributed by atoms with Crippen LogP contribution in [0.15, 0.2) is 34.9 Å². The molecule has 0 atom stereocenters. The molecule has 0 saturated carbocycles. The summed E-state index contributed by atoms with van der Waals surface area (Å²) in [6, 6.07) is 5.91. The van der Waals surface area contributed by atoms with E-state index in [2.05, 4.69) is 20.9 Å². The van der Waals surface area contributed by atoms with E-state index >= 15 is 0 Å². The number of nitrogens with zero attached hydrogens (tertiary/aromatic N) is 1. The molecule has 0 aliphatic carbocycles. The highest BCUT2D eigenvalue weighted by Crippen LogP contribution is 2.31. The van der Waals surface area contributed by atoms with Gasteiger partial charge in [-0.2, -0.15) is 0 Å². The van der Waals surface area contributed by atoms with E-state index < -0.39 is 5.97 Å². The second-order valence-electron chi connectivity index (χ2n) is 3.49. The lowest BCUT2D eigenvalue weighted by Gasteiger charge is -2.08. The molecule has 0 unspecified atom stereocenters. The Hall–Kier alpha value is -1.30. The van der Waals surface area contributed by atoms with Crippen molar-refractivity contribution in [1.82, 2.24) is 4.98 Å². The molecule has 4 nitrogen and oxygen atoms in total. The number of aromatic carboxylic acids is 1. The van der Waals surface area contributed by atoms with E-state index in [9.17, 15) is 4.79 Å². The predicted octanol–water partition coefficient (Wildman–Crippen LogP) is 4.64. The number of benzene rings is 1. The number of ether oxygens (including phenoxy) is 1. The van der Waals surface area contributed by atoms with Crippen LogP contribution < -0.4 is 4.74 Å². The summed E-state index contributed by atoms with van der Waals surface area (Å²) < 4.78 is 6.14. The van der Waals surface area contributed by atoms with Crippen molar-refractivity contribution in [2.45, 2.75) is 0 Å². The summed E-state index contributed by atoms with van der Waals surface area (Å²) in [5.41, 5.74) is -0.0487. The number of carboxylic acids is 1. The van der Waals surface area contributed by atoms with Crippen LogP contribution in [-0.4, -0.2) is 16.1 Å². The Morgan fingerprint density at radius 3 is 2.63 bits per heavy atom. The number of pyridine rings is 1. The van der Waals surface area contributed by atoms with Gasteiger partial charge in [0, 0.05) is 10.7 Å². The molecule has 0 aliphatic heterocycles. The molecule has 0 radical (unpaired) electrons. The largest absolute Gasteiger partial charge is 0.478 e. The molecular formula is C12H6BrCl2NO3. The number of hydrogen-bond donors (Lipinski definition) is 1. The van der Waals surface area contributed by atoms with Crippen molar-refractivity contribution in [3.63, 3.8) is 0 Å². The molecule has 98 valence electrons. The van der Waals surface area contributed by atoms with E-state index in [1.54, 1.807) is 6.07 Å². The van der Waals surface area contributed by atoms with Gasteiger partial charge in [-0.1, -0.05) is 23.2 Å². The number of aromatic nitrogens is 1. The van der Waals surface area contributed by atoms with Gasteiger partial charge in [0.25, 0.3) is 0 Å². The molecule has 0 bridgehead atoms. The highest BCUT2D eigenvalue weighted by Gasteiger charge is 2.12. The van der Waals surface area contributed by atoms with Gasteiger partial charge in [0.2, 0.25) is 5.88 Å². The molecule has 2 aromatic rings. The van der Waals surface area contributed by atoms with Crippen LogP contribution in [0, 0.1) is 0 Å². The number of carboxylic acid groups (broad SMARTS) is 1. The third-order valence-electron chi connectivity index (χ3n) is 2.16. The highest BCUT2D eigenvalue weighted by atomic mass is 79.9. The van der Waals surface area contributed by atoms with Crippen molar-refractivity contribution in [3.8, 4) is 11.6 Å². The van der Waals surface area contributed by atoms with Crippen LogP contribution in [0.3, 0.4) is 0 Å². The molecule has 0 aliphatic rings. The smallest absolute Gasteiger partial charge is 0.337 e. The minimum Gasteiger partial charge on any atom is -0.478 e. The quantitative estimate of drug-likeness (QED) is 0.863. The molecule has 1 N–H and O–H groups in total. The van der Waals surface area contributed by atoms with Crippen molar-refractivity contribution in [1.29, 1.82) is 0 Å². The molecule has 7 heteroatoms. The predicted molar refractivity (Wildman–Crippen MR) is 75.4 cm³/mol. The molecule has 0 amide bonds. The topological polar surface area (TPSA) is 59.4 Å². The van der Waals surface area contributed by atoms with Crippen molar-refractivity contribution in [3.05, 3.63) is 50.5 Å². The van der Waals surface area contributed by atoms with Crippen LogP contribution in [-0.2, 0) is 0 Å². The van der Waals surface area contributed by atoms with E-state index in [0.717, 1.165) is 0 Å². The summed E-state index contributed by atoms with van der Waals surface area (Å²) in [4.78, 5) is 14.9. The van der Waals surface area contributed by atoms with Gasteiger partial charge in [-0.15, -0.1) is 0 Å². The van der Waals surface area contributed by atoms with Gasteiger partial charge in [0.15, 0.2) is 0 Å². The lowest BCUT2D eigenvalue weighted by Crippen LogP contribution is -1.98. The Bertz CT molecular complexity index is 649. The molecule has 1 aromatic heterocycles. The van der Waals surface area contributed by atoms with Crippen LogP contribution in [0.1, 0.15) is 10.4 Å². The lowest BCUT2D eigenvalue weighted by molar-refractivity contribution is 0.0696. The molecule has 2 rings (SSSR count). The molecule has 1 heterocycles. The molecule has 1 aromatic carbocycles. The van der Waals surface area contributed by atoms with Gasteiger partial charge in [-0.3, -0.25) is 0 Å². The molecule has 0 fully saturated rings. The standard InChI is InChI=1S/C12H6BrCl2NO3/c13-6-3-10(15)11(16-5-6)19-7-1-2-9(14)8(4-7)12(17)18/h1-5H,(H,17,18). The Kier molecular flexibility index (Phi) is 4.29. The number of rotatable bonds is 3. The van der Waals surface area contributed by atoms with Crippen molar-refractivity contribution >= 4 is 45.1 Å². The van der Waals surface area contributed by atoms with Crippen LogP contribution in [0.4, 0.5) is 0 Å². The second-order valence-corrected chi connectivity index (χ2v) is 5.22. The average Bonchev–Trinajstić information content (AvgIpc) is 2.34. The third kappa shape index (κ3) is 3.37. The third-order valence-corrected chi connectivity index (χ3v) is 3.19. The maximum Gasteiger partial charge on any atom is 0.337 e. The van der Waals surface area contributed by atoms with Crippen LogP contribution in [0.2, 0.25) is 10.0 Å². The van der Waals surface area contributed by atoms with Gasteiger partial charge in [-0.05, 0) is 40.2 Å². The van der Waals surface area contributed by atoms with Crippen LogP contribution in [0.5, 0.6) is 11.6 Å². The zero-order chi connectivity index (χ0) is 14.0. The van der Waals surface area contributed by atoms with E-state index in [-0.39, 0.29) is 16.5 Å². The number of hydrogen-bond acceptors (Lipinski definition) is 3. The first kappa shape index (κ1) is 14.1. The summed E-state index contributed by atoms with van der Waals surface area (Å²) in [5, 5.41) is 9.40. The summed E-state index contributed by atoms with van der Waals surface area (Å²) >= 11 is 14.9. The first-order valence-corrected chi connectivity index (χ1v) is 6.54. The molecule has 19 heavy (non-hydrogen) atoms. The SMILES string of the molecule is O=C(O)c1cc(Oc2ncc(Br)cc2Cl)ccc1Cl. The van der Waals surface area contributed by atoms with Gasteiger partial charge < -0.3 is 9.84 Å². The maximum atomic E-state index is 11.0. The van der Waals surface area contributed by atoms with Crippen molar-refractivity contribution < 1.29 is 14.6 Å². The normalized spacial score (nSPS) is 10.3.